The Morgan fingerprint density at radius 3 is 1.77 bits per heavy atom. The predicted octanol–water partition coefficient (Wildman–Crippen LogP) is 14.4. The standard InChI is InChI=1S/C59H54N6O/c1-57(2,3)38-26-27-61-56(31-38)65-52-25-22-41(64-50-18-12-10-16-46(50)47-17-11-13-19-51(47)64)33-49(52)48-24-23-44(34-55(48)65)66-45-32-43(35-60-36-45)63-37-62(53-20-14-15-21-54(53)63)42-29-39(58(4,5)6)28-40(30-42)59(7,8)9/h10-36H,1-9H3. The average molecular weight is 863 g/mol. The highest BCUT2D eigenvalue weighted by atomic mass is 16.5. The van der Waals surface area contributed by atoms with E-state index in [1.165, 1.54) is 38.5 Å². The largest absolute Gasteiger partial charge is 0.456 e. The summed E-state index contributed by atoms with van der Waals surface area (Å²) in [7, 11) is 0. The van der Waals surface area contributed by atoms with Gasteiger partial charge in [0.15, 0.2) is 0 Å². The third-order valence-electron chi connectivity index (χ3n) is 13.1. The summed E-state index contributed by atoms with van der Waals surface area (Å²) in [5.74, 6) is 2.18. The summed E-state index contributed by atoms with van der Waals surface area (Å²) in [5, 5.41) is 4.72. The second-order valence-corrected chi connectivity index (χ2v) is 20.7. The molecule has 5 heterocycles. The summed E-state index contributed by atoms with van der Waals surface area (Å²) in [6.07, 6.45) is 9.28. The van der Waals surface area contributed by atoms with Gasteiger partial charge in [-0.15, -0.1) is 0 Å². The molecule has 0 bridgehead atoms. The first-order chi connectivity index (χ1) is 31.6. The highest BCUT2D eigenvalue weighted by Gasteiger charge is 2.24. The molecule has 7 heteroatoms. The van der Waals surface area contributed by atoms with Crippen molar-refractivity contribution in [3.05, 3.63) is 187 Å². The maximum Gasteiger partial charge on any atom is 0.269 e. The average Bonchev–Trinajstić information content (AvgIpc) is 3.96. The van der Waals surface area contributed by atoms with Crippen LogP contribution in [0.3, 0.4) is 0 Å². The fourth-order valence-corrected chi connectivity index (χ4v) is 9.42. The molecular formula is C59H54N6O. The molecule has 0 fully saturated rings. The normalized spacial score (nSPS) is 12.6. The van der Waals surface area contributed by atoms with E-state index < -0.39 is 0 Å². The Morgan fingerprint density at radius 1 is 0.470 bits per heavy atom. The minimum absolute atomic E-state index is 0.0225. The molecular weight excluding hydrogens is 809 g/mol. The van der Waals surface area contributed by atoms with Gasteiger partial charge in [-0.3, -0.25) is 18.7 Å². The molecule has 0 amide bonds. The number of aromatic nitrogens is 6. The zero-order chi connectivity index (χ0) is 45.7. The van der Waals surface area contributed by atoms with Crippen LogP contribution in [-0.4, -0.2) is 23.7 Å². The lowest BCUT2D eigenvalue weighted by molar-refractivity contribution is -0.572. The van der Waals surface area contributed by atoms with E-state index in [0.29, 0.717) is 11.5 Å². The van der Waals surface area contributed by atoms with E-state index in [-0.39, 0.29) is 16.2 Å². The number of fused-ring (bicyclic) bond motifs is 7. The minimum Gasteiger partial charge on any atom is -0.456 e. The van der Waals surface area contributed by atoms with Crippen LogP contribution < -0.4 is 9.30 Å². The second-order valence-electron chi connectivity index (χ2n) is 20.7. The van der Waals surface area contributed by atoms with Crippen molar-refractivity contribution in [1.82, 2.24) is 23.7 Å². The molecule has 0 aliphatic heterocycles. The molecule has 11 aromatic rings. The molecule has 0 radical (unpaired) electrons. The van der Waals surface area contributed by atoms with Crippen molar-refractivity contribution in [1.29, 1.82) is 0 Å². The van der Waals surface area contributed by atoms with E-state index in [9.17, 15) is 0 Å². The van der Waals surface area contributed by atoms with Crippen LogP contribution in [0.1, 0.15) is 79.0 Å². The van der Waals surface area contributed by atoms with Crippen molar-refractivity contribution in [2.24, 2.45) is 0 Å². The molecule has 0 aliphatic carbocycles. The van der Waals surface area contributed by atoms with E-state index in [1.54, 1.807) is 6.20 Å². The lowest BCUT2D eigenvalue weighted by Gasteiger charge is -2.26. The summed E-state index contributed by atoms with van der Waals surface area (Å²) < 4.78 is 15.7. The van der Waals surface area contributed by atoms with Crippen molar-refractivity contribution in [2.75, 3.05) is 0 Å². The Kier molecular flexibility index (Phi) is 9.38. The maximum atomic E-state index is 6.77. The molecule has 7 nitrogen and oxygen atoms in total. The van der Waals surface area contributed by atoms with Crippen molar-refractivity contribution in [3.8, 4) is 34.4 Å². The molecule has 0 N–H and O–H groups in total. The molecule has 0 spiro atoms. The summed E-state index contributed by atoms with van der Waals surface area (Å²) in [4.78, 5) is 9.71. The summed E-state index contributed by atoms with van der Waals surface area (Å²) >= 11 is 0. The van der Waals surface area contributed by atoms with E-state index in [4.69, 9.17) is 14.7 Å². The van der Waals surface area contributed by atoms with Gasteiger partial charge >= 0.3 is 0 Å². The number of imidazole rings is 1. The van der Waals surface area contributed by atoms with Crippen molar-refractivity contribution < 1.29 is 9.30 Å². The van der Waals surface area contributed by atoms with Crippen molar-refractivity contribution >= 4 is 54.6 Å². The van der Waals surface area contributed by atoms with Gasteiger partial charge in [-0.05, 0) is 106 Å². The van der Waals surface area contributed by atoms with Gasteiger partial charge in [0.2, 0.25) is 0 Å². The lowest BCUT2D eigenvalue weighted by Crippen LogP contribution is -2.31. The number of para-hydroxylation sites is 4. The van der Waals surface area contributed by atoms with Gasteiger partial charge in [0.1, 0.15) is 17.3 Å². The topological polar surface area (TPSA) is 53.7 Å². The van der Waals surface area contributed by atoms with Gasteiger partial charge in [-0.25, -0.2) is 4.98 Å². The maximum absolute atomic E-state index is 6.77. The zero-order valence-corrected chi connectivity index (χ0v) is 39.2. The second kappa shape index (κ2) is 15.0. The van der Waals surface area contributed by atoms with Crippen LogP contribution in [0.2, 0.25) is 0 Å². The highest BCUT2D eigenvalue weighted by Crippen LogP contribution is 2.39. The molecule has 5 aromatic heterocycles. The molecule has 0 unspecified atom stereocenters. The van der Waals surface area contributed by atoms with Gasteiger partial charge in [-0.1, -0.05) is 129 Å². The first-order valence-electron chi connectivity index (χ1n) is 22.9. The molecule has 6 aromatic carbocycles. The fourth-order valence-electron chi connectivity index (χ4n) is 9.42. The number of hydrogen-bond donors (Lipinski definition) is 0. The minimum atomic E-state index is -0.0555. The number of hydrogen-bond acceptors (Lipinski definition) is 3. The van der Waals surface area contributed by atoms with Crippen LogP contribution in [0.5, 0.6) is 11.5 Å². The predicted molar refractivity (Wildman–Crippen MR) is 271 cm³/mol. The highest BCUT2D eigenvalue weighted by molar-refractivity contribution is 6.12. The first-order valence-corrected chi connectivity index (χ1v) is 22.9. The lowest BCUT2D eigenvalue weighted by atomic mass is 9.80. The Balaban J connectivity index is 1.03. The SMILES string of the molecule is CC(C)(C)c1cc(-[n+]2[c-]n(-c3cncc(Oc4ccc5c6cc(-n7c8ccccc8c8ccccc87)ccc6n(-c6cc(C(C)(C)C)ccn6)c5c4)c3)c3ccccc32)cc(C(C)(C)C)c1. The Morgan fingerprint density at radius 2 is 1.09 bits per heavy atom. The molecule has 0 saturated heterocycles. The van der Waals surface area contributed by atoms with E-state index in [1.807, 2.05) is 18.5 Å². The third-order valence-corrected chi connectivity index (χ3v) is 13.1. The van der Waals surface area contributed by atoms with Crippen LogP contribution >= 0.6 is 0 Å². The van der Waals surface area contributed by atoms with Gasteiger partial charge in [0.05, 0.1) is 50.7 Å². The van der Waals surface area contributed by atoms with Crippen LogP contribution in [0, 0.1) is 6.33 Å². The number of nitrogens with zero attached hydrogens (tertiary/aromatic N) is 6. The van der Waals surface area contributed by atoms with Crippen LogP contribution in [0.15, 0.2) is 164 Å². The quantitative estimate of drug-likeness (QED) is 0.124. The first kappa shape index (κ1) is 41.2. The molecule has 0 saturated carbocycles. The molecule has 0 aliphatic rings. The number of rotatable bonds is 6. The van der Waals surface area contributed by atoms with Gasteiger partial charge in [0.25, 0.3) is 6.33 Å². The van der Waals surface area contributed by atoms with Gasteiger partial charge < -0.3 is 9.30 Å². The van der Waals surface area contributed by atoms with E-state index in [0.717, 1.165) is 55.7 Å². The molecule has 66 heavy (non-hydrogen) atoms. The van der Waals surface area contributed by atoms with Crippen molar-refractivity contribution in [3.63, 3.8) is 0 Å². The van der Waals surface area contributed by atoms with Gasteiger partial charge in [-0.2, -0.15) is 0 Å². The third kappa shape index (κ3) is 7.01. The summed E-state index contributed by atoms with van der Waals surface area (Å²) in [5.41, 5.74) is 13.2. The Hall–Kier alpha value is -7.51. The summed E-state index contributed by atoms with van der Waals surface area (Å²) in [6, 6.07) is 52.3. The van der Waals surface area contributed by atoms with Crippen LogP contribution in [-0.2, 0) is 16.2 Å². The van der Waals surface area contributed by atoms with Crippen LogP contribution in [0.4, 0.5) is 0 Å². The Labute approximate surface area is 386 Å². The Bertz CT molecular complexity index is 3610. The zero-order valence-electron chi connectivity index (χ0n) is 39.2. The number of benzene rings is 6. The smallest absolute Gasteiger partial charge is 0.269 e. The molecule has 326 valence electrons. The van der Waals surface area contributed by atoms with Crippen molar-refractivity contribution in [2.45, 2.75) is 78.6 Å². The van der Waals surface area contributed by atoms with Crippen LogP contribution in [0.25, 0.3) is 77.5 Å². The summed E-state index contributed by atoms with van der Waals surface area (Å²) in [6.45, 7) is 20.4. The number of pyridine rings is 2. The van der Waals surface area contributed by atoms with E-state index >= 15 is 0 Å². The van der Waals surface area contributed by atoms with Gasteiger partial charge in [0, 0.05) is 45.7 Å². The molecule has 11 rings (SSSR count). The fraction of sp³-hybridized carbons (Fsp3) is 0.203. The molecule has 0 atom stereocenters. The monoisotopic (exact) mass is 862 g/mol. The number of ether oxygens (including phenoxy) is 1. The van der Waals surface area contributed by atoms with E-state index in [2.05, 4.69) is 226 Å².